The number of aromatic nitrogens is 1. The molecule has 2 unspecified atom stereocenters. The molecule has 0 fully saturated rings. The molecule has 1 N–H and O–H groups in total. The summed E-state index contributed by atoms with van der Waals surface area (Å²) in [6.07, 6.45) is 4.76. The molecule has 2 aromatic rings. The van der Waals surface area contributed by atoms with Gasteiger partial charge >= 0.3 is 0 Å². The molecule has 0 radical (unpaired) electrons. The zero-order valence-corrected chi connectivity index (χ0v) is 12.7. The Kier molecular flexibility index (Phi) is 4.59. The predicted octanol–water partition coefficient (Wildman–Crippen LogP) is 3.47. The molecular weight excluding hydrogens is 278 g/mol. The molecule has 3 rings (SSSR count). The van der Waals surface area contributed by atoms with E-state index in [1.54, 1.807) is 6.20 Å². The van der Waals surface area contributed by atoms with E-state index in [1.807, 2.05) is 30.5 Å². The monoisotopic (exact) mass is 299 g/mol. The first-order valence-electron chi connectivity index (χ1n) is 7.75. The molecule has 116 valence electrons. The minimum atomic E-state index is -0.527. The molecule has 0 spiro atoms. The Balaban J connectivity index is 1.74. The molecule has 1 aliphatic rings. The Morgan fingerprint density at radius 3 is 2.68 bits per heavy atom. The molecule has 0 aliphatic carbocycles. The van der Waals surface area contributed by atoms with Gasteiger partial charge in [0.15, 0.2) is 11.5 Å². The predicted molar refractivity (Wildman–Crippen MR) is 84.3 cm³/mol. The molecule has 4 nitrogen and oxygen atoms in total. The van der Waals surface area contributed by atoms with Crippen LogP contribution in [-0.2, 0) is 0 Å². The molecule has 0 saturated carbocycles. The lowest BCUT2D eigenvalue weighted by atomic mass is 9.89. The molecule has 0 saturated heterocycles. The molecule has 0 bridgehead atoms. The minimum Gasteiger partial charge on any atom is -0.486 e. The van der Waals surface area contributed by atoms with Gasteiger partial charge in [0.1, 0.15) is 13.2 Å². The number of pyridine rings is 1. The number of rotatable bonds is 5. The number of hydrogen-bond donors (Lipinski definition) is 1. The zero-order chi connectivity index (χ0) is 15.4. The Labute approximate surface area is 130 Å². The Bertz CT molecular complexity index is 615. The summed E-state index contributed by atoms with van der Waals surface area (Å²) in [6.45, 7) is 3.27. The summed E-state index contributed by atoms with van der Waals surface area (Å²) in [5, 5.41) is 10.6. The molecule has 4 heteroatoms. The van der Waals surface area contributed by atoms with Gasteiger partial charge in [-0.25, -0.2) is 0 Å². The summed E-state index contributed by atoms with van der Waals surface area (Å²) in [4.78, 5) is 4.17. The van der Waals surface area contributed by atoms with Gasteiger partial charge in [0.2, 0.25) is 0 Å². The Morgan fingerprint density at radius 2 is 1.95 bits per heavy atom. The number of ether oxygens (including phenoxy) is 2. The van der Waals surface area contributed by atoms with E-state index in [9.17, 15) is 5.11 Å². The first kappa shape index (κ1) is 14.9. The highest BCUT2D eigenvalue weighted by Crippen LogP contribution is 2.36. The topological polar surface area (TPSA) is 51.6 Å². The van der Waals surface area contributed by atoms with Gasteiger partial charge in [-0.05, 0) is 48.1 Å². The van der Waals surface area contributed by atoms with Crippen LogP contribution in [0.15, 0.2) is 42.7 Å². The Hall–Kier alpha value is -2.07. The molecule has 0 amide bonds. The molecule has 1 aromatic carbocycles. The lowest BCUT2D eigenvalue weighted by molar-refractivity contribution is 0.151. The summed E-state index contributed by atoms with van der Waals surface area (Å²) in [7, 11) is 0. The SMILES string of the molecule is CCC(CC(O)c1ccc2c(c1)OCCO2)c1cccnc1. The highest BCUT2D eigenvalue weighted by atomic mass is 16.6. The van der Waals surface area contributed by atoms with Gasteiger partial charge in [0, 0.05) is 12.4 Å². The average molecular weight is 299 g/mol. The number of aliphatic hydroxyl groups excluding tert-OH is 1. The lowest BCUT2D eigenvalue weighted by Crippen LogP contribution is -2.15. The lowest BCUT2D eigenvalue weighted by Gasteiger charge is -2.22. The van der Waals surface area contributed by atoms with Gasteiger partial charge in [0.05, 0.1) is 6.10 Å². The quantitative estimate of drug-likeness (QED) is 0.918. The van der Waals surface area contributed by atoms with Gasteiger partial charge in [-0.3, -0.25) is 4.98 Å². The molecule has 2 heterocycles. The van der Waals surface area contributed by atoms with E-state index in [1.165, 1.54) is 5.56 Å². The fourth-order valence-corrected chi connectivity index (χ4v) is 2.83. The van der Waals surface area contributed by atoms with Crippen molar-refractivity contribution in [3.8, 4) is 11.5 Å². The van der Waals surface area contributed by atoms with Crippen LogP contribution in [0.25, 0.3) is 0 Å². The summed E-state index contributed by atoms with van der Waals surface area (Å²) in [5.74, 6) is 1.76. The van der Waals surface area contributed by atoms with Gasteiger partial charge in [-0.2, -0.15) is 0 Å². The number of benzene rings is 1. The van der Waals surface area contributed by atoms with Gasteiger partial charge < -0.3 is 14.6 Å². The third-order valence-electron chi connectivity index (χ3n) is 4.11. The van der Waals surface area contributed by atoms with Crippen LogP contribution in [0.3, 0.4) is 0 Å². The van der Waals surface area contributed by atoms with E-state index >= 15 is 0 Å². The standard InChI is InChI=1S/C18H21NO3/c1-2-13(15-4-3-7-19-12-15)10-16(20)14-5-6-17-18(11-14)22-9-8-21-17/h3-7,11-13,16,20H,2,8-10H2,1H3. The van der Waals surface area contributed by atoms with E-state index < -0.39 is 6.10 Å². The summed E-state index contributed by atoms with van der Waals surface area (Å²) >= 11 is 0. The van der Waals surface area contributed by atoms with Gasteiger partial charge in [-0.1, -0.05) is 19.1 Å². The second kappa shape index (κ2) is 6.79. The van der Waals surface area contributed by atoms with Crippen molar-refractivity contribution in [3.63, 3.8) is 0 Å². The van der Waals surface area contributed by atoms with E-state index in [-0.39, 0.29) is 5.92 Å². The van der Waals surface area contributed by atoms with Crippen LogP contribution in [0.5, 0.6) is 11.5 Å². The first-order valence-corrected chi connectivity index (χ1v) is 7.75. The van der Waals surface area contributed by atoms with E-state index in [2.05, 4.69) is 18.0 Å². The molecule has 1 aliphatic heterocycles. The number of hydrogen-bond acceptors (Lipinski definition) is 4. The first-order chi connectivity index (χ1) is 10.8. The van der Waals surface area contributed by atoms with Crippen LogP contribution in [-0.4, -0.2) is 23.3 Å². The van der Waals surface area contributed by atoms with Crippen LogP contribution in [0.1, 0.15) is 42.9 Å². The van der Waals surface area contributed by atoms with Crippen LogP contribution in [0, 0.1) is 0 Å². The number of aliphatic hydroxyl groups is 1. The molecule has 2 atom stereocenters. The Morgan fingerprint density at radius 1 is 1.14 bits per heavy atom. The summed E-state index contributed by atoms with van der Waals surface area (Å²) < 4.78 is 11.1. The van der Waals surface area contributed by atoms with Crippen molar-refractivity contribution >= 4 is 0 Å². The molecular formula is C18H21NO3. The van der Waals surface area contributed by atoms with E-state index in [0.717, 1.165) is 23.5 Å². The fourth-order valence-electron chi connectivity index (χ4n) is 2.83. The maximum absolute atomic E-state index is 10.6. The summed E-state index contributed by atoms with van der Waals surface area (Å²) in [5.41, 5.74) is 2.04. The number of nitrogens with zero attached hydrogens (tertiary/aromatic N) is 1. The smallest absolute Gasteiger partial charge is 0.161 e. The zero-order valence-electron chi connectivity index (χ0n) is 12.7. The third-order valence-corrected chi connectivity index (χ3v) is 4.11. The highest BCUT2D eigenvalue weighted by molar-refractivity contribution is 5.44. The molecule has 22 heavy (non-hydrogen) atoms. The van der Waals surface area contributed by atoms with Crippen molar-refractivity contribution < 1.29 is 14.6 Å². The van der Waals surface area contributed by atoms with Crippen molar-refractivity contribution in [1.82, 2.24) is 4.98 Å². The van der Waals surface area contributed by atoms with Crippen molar-refractivity contribution in [1.29, 1.82) is 0 Å². The van der Waals surface area contributed by atoms with Crippen LogP contribution >= 0.6 is 0 Å². The van der Waals surface area contributed by atoms with Gasteiger partial charge in [-0.15, -0.1) is 0 Å². The average Bonchev–Trinajstić information content (AvgIpc) is 2.59. The van der Waals surface area contributed by atoms with Crippen LogP contribution in [0.2, 0.25) is 0 Å². The minimum absolute atomic E-state index is 0.289. The maximum atomic E-state index is 10.6. The van der Waals surface area contributed by atoms with Gasteiger partial charge in [0.25, 0.3) is 0 Å². The third kappa shape index (κ3) is 3.22. The van der Waals surface area contributed by atoms with Crippen LogP contribution < -0.4 is 9.47 Å². The highest BCUT2D eigenvalue weighted by Gasteiger charge is 2.19. The van der Waals surface area contributed by atoms with E-state index in [4.69, 9.17) is 9.47 Å². The van der Waals surface area contributed by atoms with Crippen molar-refractivity contribution in [2.45, 2.75) is 31.8 Å². The molecule has 1 aromatic heterocycles. The van der Waals surface area contributed by atoms with Crippen molar-refractivity contribution in [2.75, 3.05) is 13.2 Å². The second-order valence-electron chi connectivity index (χ2n) is 5.55. The van der Waals surface area contributed by atoms with Crippen molar-refractivity contribution in [3.05, 3.63) is 53.9 Å². The van der Waals surface area contributed by atoms with Crippen LogP contribution in [0.4, 0.5) is 0 Å². The van der Waals surface area contributed by atoms with E-state index in [0.29, 0.717) is 19.6 Å². The number of fused-ring (bicyclic) bond motifs is 1. The fraction of sp³-hybridized carbons (Fsp3) is 0.389. The normalized spacial score (nSPS) is 16.1. The maximum Gasteiger partial charge on any atom is 0.161 e. The largest absolute Gasteiger partial charge is 0.486 e. The summed E-state index contributed by atoms with van der Waals surface area (Å²) in [6, 6.07) is 9.67. The van der Waals surface area contributed by atoms with Crippen molar-refractivity contribution in [2.24, 2.45) is 0 Å². The second-order valence-corrected chi connectivity index (χ2v) is 5.55.